The third-order valence-electron chi connectivity index (χ3n) is 0.634. The highest BCUT2D eigenvalue weighted by molar-refractivity contribution is 7.94. The van der Waals surface area contributed by atoms with Crippen LogP contribution in [0.3, 0.4) is 0 Å². The van der Waals surface area contributed by atoms with Crippen molar-refractivity contribution in [1.82, 2.24) is 0 Å². The van der Waals surface area contributed by atoms with Crippen LogP contribution in [0.5, 0.6) is 0 Å². The first-order valence-corrected chi connectivity index (χ1v) is 7.64. The lowest BCUT2D eigenvalue weighted by Crippen LogP contribution is -2.24. The lowest BCUT2D eigenvalue weighted by Gasteiger charge is -2.36. The number of hydrogen-bond acceptors (Lipinski definition) is 11. The normalized spacial score (nSPS) is 10.8. The summed E-state index contributed by atoms with van der Waals surface area (Å²) in [6, 6.07) is 0. The Kier molecular flexibility index (Phi) is 17.2. The molecule has 0 rings (SSSR count). The summed E-state index contributed by atoms with van der Waals surface area (Å²) in [4.78, 5) is 51.3. The minimum absolute atomic E-state index is 0.882. The zero-order valence-electron chi connectivity index (χ0n) is 8.55. The van der Waals surface area contributed by atoms with Crippen LogP contribution in [0.1, 0.15) is 19.8 Å². The first-order valence-electron chi connectivity index (χ1n) is 3.81. The van der Waals surface area contributed by atoms with Gasteiger partial charge in [0, 0.05) is 17.8 Å². The van der Waals surface area contributed by atoms with Gasteiger partial charge in [-0.3, -0.25) is 0 Å². The molecule has 0 unspecified atom stereocenters. The van der Waals surface area contributed by atoms with E-state index >= 15 is 0 Å². The number of unbranched alkanes of at least 4 members (excludes halogenated alkanes) is 1. The second-order valence-corrected chi connectivity index (χ2v) is 4.73. The van der Waals surface area contributed by atoms with Gasteiger partial charge in [-0.2, -0.15) is 20.0 Å². The van der Waals surface area contributed by atoms with E-state index in [1.807, 2.05) is 0 Å². The highest BCUT2D eigenvalue weighted by Crippen LogP contribution is 2.03. The molecule has 17 heavy (non-hydrogen) atoms. The van der Waals surface area contributed by atoms with E-state index in [2.05, 4.69) is 11.3 Å². The standard InChI is InChI=1S/C4H10O2S.2H3O4P/c1-2-3-4-7-6-5;2*1-5(2,3)4/h5H,2-4H2,1H3;2*(H3,1,2,3,4)/p-6. The van der Waals surface area contributed by atoms with E-state index in [1.165, 1.54) is 0 Å². The summed E-state index contributed by atoms with van der Waals surface area (Å²) in [5.41, 5.74) is 0. The van der Waals surface area contributed by atoms with Gasteiger partial charge in [-0.1, -0.05) is 13.3 Å². The molecule has 0 saturated heterocycles. The topological polar surface area (TPSA) is 202 Å². The fourth-order valence-corrected chi connectivity index (χ4v) is 0.722. The van der Waals surface area contributed by atoms with Gasteiger partial charge >= 0.3 is 0 Å². The molecule has 0 aliphatic heterocycles. The van der Waals surface area contributed by atoms with Crippen molar-refractivity contribution in [3.05, 3.63) is 0 Å². The van der Waals surface area contributed by atoms with E-state index < -0.39 is 15.6 Å². The summed E-state index contributed by atoms with van der Waals surface area (Å²) in [6.07, 6.45) is 2.25. The Morgan fingerprint density at radius 3 is 1.53 bits per heavy atom. The van der Waals surface area contributed by atoms with Crippen LogP contribution in [0.4, 0.5) is 0 Å². The van der Waals surface area contributed by atoms with Crippen molar-refractivity contribution in [2.45, 2.75) is 19.8 Å². The van der Waals surface area contributed by atoms with Crippen molar-refractivity contribution < 1.29 is 48.1 Å². The molecule has 108 valence electrons. The van der Waals surface area contributed by atoms with E-state index in [0.717, 1.165) is 30.6 Å². The molecule has 0 fully saturated rings. The molecular weight excluding hydrogens is 302 g/mol. The predicted molar refractivity (Wildman–Crippen MR) is 46.3 cm³/mol. The molecule has 0 amide bonds. The lowest BCUT2D eigenvalue weighted by molar-refractivity contribution is -0.434. The predicted octanol–water partition coefficient (Wildman–Crippen LogP) is -3.72. The van der Waals surface area contributed by atoms with Crippen molar-refractivity contribution in [3.8, 4) is 0 Å². The Balaban J connectivity index is -0.000000177. The van der Waals surface area contributed by atoms with Crippen molar-refractivity contribution in [2.24, 2.45) is 0 Å². The summed E-state index contributed by atoms with van der Waals surface area (Å²) >= 11 is 1.09. The highest BCUT2D eigenvalue weighted by Gasteiger charge is 1.82. The monoisotopic (exact) mass is 312 g/mol. The molecule has 0 aromatic carbocycles. The molecule has 0 aromatic heterocycles. The van der Waals surface area contributed by atoms with Crippen molar-refractivity contribution in [1.29, 1.82) is 0 Å². The molecule has 10 nitrogen and oxygen atoms in total. The molecule has 0 bridgehead atoms. The summed E-state index contributed by atoms with van der Waals surface area (Å²) in [5, 5.41) is 7.76. The molecule has 0 aliphatic rings. The van der Waals surface area contributed by atoms with Crippen LogP contribution < -0.4 is 29.4 Å². The quantitative estimate of drug-likeness (QED) is 0.176. The first-order chi connectivity index (χ1) is 7.41. The van der Waals surface area contributed by atoms with E-state index in [9.17, 15) is 0 Å². The fraction of sp³-hybridized carbons (Fsp3) is 1.00. The van der Waals surface area contributed by atoms with Gasteiger partial charge in [0.05, 0.1) is 0 Å². The molecule has 0 aliphatic carbocycles. The zero-order chi connectivity index (χ0) is 14.5. The van der Waals surface area contributed by atoms with Gasteiger partial charge in [0.2, 0.25) is 0 Å². The van der Waals surface area contributed by atoms with E-state index in [4.69, 9.17) is 43.7 Å². The SMILES string of the molecule is CCCCSOO.O=P([O-])([O-])[O-].O=P([O-])([O-])[O-]. The molecule has 0 aromatic rings. The average Bonchev–Trinajstić information content (AvgIpc) is 1.99. The van der Waals surface area contributed by atoms with Gasteiger partial charge < -0.3 is 38.5 Å². The lowest BCUT2D eigenvalue weighted by atomic mass is 10.4. The van der Waals surface area contributed by atoms with Gasteiger partial charge in [0.1, 0.15) is 0 Å². The minimum atomic E-state index is -5.39. The van der Waals surface area contributed by atoms with Crippen LogP contribution >= 0.6 is 27.7 Å². The Labute approximate surface area is 102 Å². The van der Waals surface area contributed by atoms with Crippen LogP contribution in [-0.2, 0) is 13.5 Å². The van der Waals surface area contributed by atoms with E-state index in [1.54, 1.807) is 0 Å². The highest BCUT2D eigenvalue weighted by atomic mass is 32.2. The van der Waals surface area contributed by atoms with Crippen LogP contribution in [0.25, 0.3) is 0 Å². The maximum absolute atomic E-state index is 8.55. The van der Waals surface area contributed by atoms with Crippen LogP contribution in [-0.4, -0.2) is 11.0 Å². The van der Waals surface area contributed by atoms with Crippen LogP contribution in [0.2, 0.25) is 0 Å². The average molecular weight is 312 g/mol. The third kappa shape index (κ3) is 172. The number of rotatable bonds is 4. The largest absolute Gasteiger partial charge is 0.822 e. The summed E-state index contributed by atoms with van der Waals surface area (Å²) < 4.78 is 20.9. The van der Waals surface area contributed by atoms with E-state index in [0.29, 0.717) is 0 Å². The molecular formula is C4H10O10P2S-6. The maximum atomic E-state index is 8.55. The molecule has 1 N–H and O–H groups in total. The summed E-state index contributed by atoms with van der Waals surface area (Å²) in [7, 11) is -10.8. The Morgan fingerprint density at radius 2 is 1.35 bits per heavy atom. The molecule has 0 spiro atoms. The van der Waals surface area contributed by atoms with Gasteiger partial charge in [0.25, 0.3) is 0 Å². The van der Waals surface area contributed by atoms with Crippen molar-refractivity contribution in [3.63, 3.8) is 0 Å². The second kappa shape index (κ2) is 12.9. The van der Waals surface area contributed by atoms with Crippen molar-refractivity contribution >= 4 is 27.7 Å². The third-order valence-corrected chi connectivity index (χ3v) is 1.19. The molecule has 0 saturated carbocycles. The first kappa shape index (κ1) is 22.7. The number of phosphoric acid groups is 2. The van der Waals surface area contributed by atoms with Gasteiger partial charge in [-0.15, -0.1) is 0 Å². The Hall–Kier alpha value is 0.490. The maximum Gasteiger partial charge on any atom is 0.0311 e. The zero-order valence-corrected chi connectivity index (χ0v) is 11.2. The smallest absolute Gasteiger partial charge is 0.0311 e. The minimum Gasteiger partial charge on any atom is -0.822 e. The Morgan fingerprint density at radius 1 is 1.06 bits per heavy atom. The second-order valence-electron chi connectivity index (χ2n) is 2.14. The molecule has 0 radical (unpaired) electrons. The summed E-state index contributed by atoms with van der Waals surface area (Å²) in [5.74, 6) is 0.882. The van der Waals surface area contributed by atoms with Crippen LogP contribution in [0.15, 0.2) is 0 Å². The van der Waals surface area contributed by atoms with Crippen LogP contribution in [0, 0.1) is 0 Å². The van der Waals surface area contributed by atoms with Gasteiger partial charge in [-0.25, -0.2) is 5.26 Å². The number of hydrogen-bond donors (Lipinski definition) is 1. The van der Waals surface area contributed by atoms with E-state index in [-0.39, 0.29) is 0 Å². The summed E-state index contributed by atoms with van der Waals surface area (Å²) in [6.45, 7) is 2.10. The fourth-order valence-electron chi connectivity index (χ4n) is 0.241. The van der Waals surface area contributed by atoms with Crippen molar-refractivity contribution in [2.75, 3.05) is 5.75 Å². The molecule has 0 heterocycles. The van der Waals surface area contributed by atoms with Gasteiger partial charge in [-0.05, 0) is 6.42 Å². The Bertz CT molecular complexity index is 194. The van der Waals surface area contributed by atoms with Gasteiger partial charge in [0.15, 0.2) is 0 Å². The molecule has 13 heteroatoms. The molecule has 0 atom stereocenters.